The van der Waals surface area contributed by atoms with E-state index in [1.54, 1.807) is 30.6 Å². The lowest BCUT2D eigenvalue weighted by Gasteiger charge is -2.20. The Labute approximate surface area is 173 Å². The van der Waals surface area contributed by atoms with Gasteiger partial charge in [-0.3, -0.25) is 4.79 Å². The second-order valence-electron chi connectivity index (χ2n) is 7.39. The zero-order chi connectivity index (χ0) is 20.5. The van der Waals surface area contributed by atoms with Crippen LogP contribution in [0, 0.1) is 0 Å². The van der Waals surface area contributed by atoms with Gasteiger partial charge in [-0.05, 0) is 53.1 Å². The number of ether oxygens (including phenoxy) is 1. The lowest BCUT2D eigenvalue weighted by atomic mass is 10.0. The summed E-state index contributed by atoms with van der Waals surface area (Å²) in [6.45, 7) is 1.42. The molecule has 1 aliphatic rings. The smallest absolute Gasteiger partial charge is 0.254 e. The first-order valence-electron chi connectivity index (χ1n) is 9.89. The van der Waals surface area contributed by atoms with Crippen LogP contribution in [0.3, 0.4) is 0 Å². The summed E-state index contributed by atoms with van der Waals surface area (Å²) in [4.78, 5) is 22.3. The van der Waals surface area contributed by atoms with Crippen LogP contribution in [0.25, 0.3) is 22.2 Å². The van der Waals surface area contributed by atoms with E-state index in [2.05, 4.69) is 22.1 Å². The Morgan fingerprint density at radius 3 is 2.70 bits per heavy atom. The van der Waals surface area contributed by atoms with Gasteiger partial charge in [0.1, 0.15) is 12.4 Å². The molecule has 30 heavy (non-hydrogen) atoms. The van der Waals surface area contributed by atoms with Gasteiger partial charge in [0.25, 0.3) is 5.91 Å². The number of hydrogen-bond acceptors (Lipinski definition) is 4. The summed E-state index contributed by atoms with van der Waals surface area (Å²) in [6.07, 6.45) is 1.69. The van der Waals surface area contributed by atoms with Crippen LogP contribution in [-0.2, 0) is 13.2 Å². The molecule has 0 unspecified atom stereocenters. The fourth-order valence-corrected chi connectivity index (χ4v) is 3.80. The van der Waals surface area contributed by atoms with Crippen molar-refractivity contribution in [3.05, 3.63) is 83.7 Å². The number of aliphatic hydroxyl groups is 1. The highest BCUT2D eigenvalue weighted by atomic mass is 16.5. The molecule has 4 aromatic rings. The zero-order valence-electron chi connectivity index (χ0n) is 16.3. The quantitative estimate of drug-likeness (QED) is 0.550. The molecule has 6 heteroatoms. The van der Waals surface area contributed by atoms with Crippen molar-refractivity contribution < 1.29 is 14.6 Å². The molecule has 0 saturated carbocycles. The minimum Gasteiger partial charge on any atom is -0.491 e. The van der Waals surface area contributed by atoms with E-state index in [9.17, 15) is 9.90 Å². The van der Waals surface area contributed by atoms with E-state index in [0.717, 1.165) is 39.0 Å². The molecule has 6 nitrogen and oxygen atoms in total. The number of nitrogens with zero attached hydrogens (tertiary/aromatic N) is 2. The van der Waals surface area contributed by atoms with Gasteiger partial charge >= 0.3 is 0 Å². The van der Waals surface area contributed by atoms with Gasteiger partial charge in [0.05, 0.1) is 30.5 Å². The molecule has 3 aromatic carbocycles. The van der Waals surface area contributed by atoms with Crippen molar-refractivity contribution in [2.24, 2.45) is 0 Å². The van der Waals surface area contributed by atoms with Gasteiger partial charge < -0.3 is 19.7 Å². The number of imidazole rings is 1. The van der Waals surface area contributed by atoms with E-state index >= 15 is 0 Å². The molecule has 0 aliphatic carbocycles. The Morgan fingerprint density at radius 1 is 1.07 bits per heavy atom. The number of aromatic nitrogens is 2. The van der Waals surface area contributed by atoms with Crippen molar-refractivity contribution in [2.75, 3.05) is 13.2 Å². The van der Waals surface area contributed by atoms with Gasteiger partial charge in [0.15, 0.2) is 0 Å². The van der Waals surface area contributed by atoms with Gasteiger partial charge in [0.2, 0.25) is 0 Å². The molecule has 0 saturated heterocycles. The number of H-pyrrole nitrogens is 1. The summed E-state index contributed by atoms with van der Waals surface area (Å²) in [5, 5.41) is 9.21. The maximum Gasteiger partial charge on any atom is 0.254 e. The van der Waals surface area contributed by atoms with Gasteiger partial charge in [0, 0.05) is 17.7 Å². The lowest BCUT2D eigenvalue weighted by molar-refractivity contribution is 0.0733. The average molecular weight is 399 g/mol. The van der Waals surface area contributed by atoms with E-state index in [1.807, 2.05) is 29.2 Å². The van der Waals surface area contributed by atoms with Gasteiger partial charge in [-0.25, -0.2) is 4.98 Å². The molecule has 1 aliphatic heterocycles. The Balaban J connectivity index is 1.44. The third-order valence-electron chi connectivity index (χ3n) is 5.46. The van der Waals surface area contributed by atoms with E-state index in [-0.39, 0.29) is 12.5 Å². The third kappa shape index (κ3) is 3.42. The topological polar surface area (TPSA) is 78.4 Å². The van der Waals surface area contributed by atoms with E-state index < -0.39 is 0 Å². The predicted octanol–water partition coefficient (Wildman–Crippen LogP) is 3.76. The molecule has 2 N–H and O–H groups in total. The summed E-state index contributed by atoms with van der Waals surface area (Å²) in [5.41, 5.74) is 6.44. The fraction of sp³-hybridized carbons (Fsp3) is 0.167. The molecular weight excluding hydrogens is 378 g/mol. The van der Waals surface area contributed by atoms with Crippen LogP contribution >= 0.6 is 0 Å². The number of fused-ring (bicyclic) bond motifs is 2. The highest BCUT2D eigenvalue weighted by molar-refractivity contribution is 5.94. The van der Waals surface area contributed by atoms with Crippen molar-refractivity contribution >= 4 is 16.9 Å². The molecule has 0 atom stereocenters. The van der Waals surface area contributed by atoms with Crippen molar-refractivity contribution in [3.63, 3.8) is 0 Å². The number of rotatable bonds is 3. The minimum absolute atomic E-state index is 0.0352. The molecule has 1 amide bonds. The first-order valence-corrected chi connectivity index (χ1v) is 9.89. The number of nitrogens with one attached hydrogen (secondary N) is 1. The summed E-state index contributed by atoms with van der Waals surface area (Å²) < 4.78 is 5.91. The predicted molar refractivity (Wildman–Crippen MR) is 114 cm³/mol. The van der Waals surface area contributed by atoms with Crippen LogP contribution in [0.2, 0.25) is 0 Å². The number of aliphatic hydroxyl groups excluding tert-OH is 1. The first-order chi connectivity index (χ1) is 14.7. The van der Waals surface area contributed by atoms with Crippen molar-refractivity contribution in [2.45, 2.75) is 13.2 Å². The first kappa shape index (κ1) is 18.4. The number of carbonyl (C=O) groups excluding carboxylic acids is 1. The monoisotopic (exact) mass is 399 g/mol. The Hall–Kier alpha value is -3.64. The van der Waals surface area contributed by atoms with Gasteiger partial charge in [-0.15, -0.1) is 0 Å². The van der Waals surface area contributed by atoms with E-state index in [4.69, 9.17) is 4.74 Å². The highest BCUT2D eigenvalue weighted by Crippen LogP contribution is 2.30. The molecule has 0 fully saturated rings. The molecule has 0 spiro atoms. The number of carbonyl (C=O) groups is 1. The maximum absolute atomic E-state index is 13.0. The van der Waals surface area contributed by atoms with Crippen molar-refractivity contribution in [3.8, 4) is 16.9 Å². The van der Waals surface area contributed by atoms with Gasteiger partial charge in [-0.2, -0.15) is 0 Å². The number of amides is 1. The summed E-state index contributed by atoms with van der Waals surface area (Å²) >= 11 is 0. The summed E-state index contributed by atoms with van der Waals surface area (Å²) in [5.74, 6) is 0.771. The Kier molecular flexibility index (Phi) is 4.69. The van der Waals surface area contributed by atoms with Crippen molar-refractivity contribution in [1.29, 1.82) is 0 Å². The van der Waals surface area contributed by atoms with Gasteiger partial charge in [-0.1, -0.05) is 24.3 Å². The maximum atomic E-state index is 13.0. The van der Waals surface area contributed by atoms with Crippen molar-refractivity contribution in [1.82, 2.24) is 14.9 Å². The van der Waals surface area contributed by atoms with Crippen LogP contribution in [0.15, 0.2) is 67.0 Å². The molecule has 1 aromatic heterocycles. The molecule has 0 bridgehead atoms. The molecule has 5 rings (SSSR count). The van der Waals surface area contributed by atoms with E-state index in [1.165, 1.54) is 0 Å². The molecule has 150 valence electrons. The highest BCUT2D eigenvalue weighted by Gasteiger charge is 2.21. The Morgan fingerprint density at radius 2 is 1.87 bits per heavy atom. The largest absolute Gasteiger partial charge is 0.491 e. The zero-order valence-corrected chi connectivity index (χ0v) is 16.3. The van der Waals surface area contributed by atoms with Crippen LogP contribution < -0.4 is 4.74 Å². The number of aromatic amines is 1. The number of hydrogen-bond donors (Lipinski definition) is 2. The van der Waals surface area contributed by atoms with Crippen LogP contribution in [0.4, 0.5) is 0 Å². The van der Waals surface area contributed by atoms with Crippen LogP contribution in [0.5, 0.6) is 5.75 Å². The second kappa shape index (κ2) is 7.65. The Bertz CT molecular complexity index is 1210. The summed E-state index contributed by atoms with van der Waals surface area (Å²) in [6, 6.07) is 19.3. The van der Waals surface area contributed by atoms with Crippen LogP contribution in [-0.4, -0.2) is 39.0 Å². The number of benzene rings is 3. The minimum atomic E-state index is -0.0415. The third-order valence-corrected chi connectivity index (χ3v) is 5.46. The molecule has 2 heterocycles. The summed E-state index contributed by atoms with van der Waals surface area (Å²) in [7, 11) is 0. The average Bonchev–Trinajstić information content (AvgIpc) is 3.16. The molecular formula is C24H21N3O3. The normalized spacial score (nSPS) is 13.6. The lowest BCUT2D eigenvalue weighted by Crippen LogP contribution is -2.32. The fourth-order valence-electron chi connectivity index (χ4n) is 3.80. The second-order valence-corrected chi connectivity index (χ2v) is 7.39. The standard InChI is InChI=1S/C24H21N3O3/c28-14-16-1-3-17(4-2-16)24(29)27-9-10-30-23-8-6-18(11-20(23)13-27)19-5-7-21-22(12-19)26-15-25-21/h1-8,11-12,15,28H,9-10,13-14H2,(H,25,26). The van der Waals surface area contributed by atoms with E-state index in [0.29, 0.717) is 25.3 Å². The molecule has 0 radical (unpaired) electrons. The SMILES string of the molecule is O=C(c1ccc(CO)cc1)N1CCOc2ccc(-c3ccc4nc[nH]c4c3)cc2C1. The van der Waals surface area contributed by atoms with Crippen LogP contribution in [0.1, 0.15) is 21.5 Å².